The number of carbonyl (C=O) groups excluding carboxylic acids is 4. The maximum atomic E-state index is 12.4. The minimum atomic E-state index is -0.411. The fourth-order valence-corrected chi connectivity index (χ4v) is 3.09. The van der Waals surface area contributed by atoms with Gasteiger partial charge in [0.2, 0.25) is 0 Å². The van der Waals surface area contributed by atoms with E-state index in [4.69, 9.17) is 0 Å². The molecule has 4 heteroatoms. The van der Waals surface area contributed by atoms with E-state index in [-0.39, 0.29) is 54.7 Å². The van der Waals surface area contributed by atoms with Gasteiger partial charge in [0.05, 0.1) is 0 Å². The van der Waals surface area contributed by atoms with Crippen LogP contribution in [0.1, 0.15) is 86.0 Å². The molecule has 3 atom stereocenters. The molecule has 3 unspecified atom stereocenters. The maximum Gasteiger partial charge on any atom is 0.156 e. The van der Waals surface area contributed by atoms with Gasteiger partial charge in [0.1, 0.15) is 17.3 Å². The highest BCUT2D eigenvalue weighted by Gasteiger charge is 2.23. The number of Topliss-reactive ketones (excluding diaryl/α,β-unsaturated/α-hetero) is 3. The summed E-state index contributed by atoms with van der Waals surface area (Å²) in [4.78, 5) is 48.4. The van der Waals surface area contributed by atoms with Gasteiger partial charge >= 0.3 is 0 Å². The second-order valence-electron chi connectivity index (χ2n) is 8.40. The predicted molar refractivity (Wildman–Crippen MR) is 114 cm³/mol. The number of rotatable bonds is 16. The lowest BCUT2D eigenvalue weighted by Crippen LogP contribution is -2.22. The highest BCUT2D eigenvalue weighted by Crippen LogP contribution is 2.19. The van der Waals surface area contributed by atoms with Gasteiger partial charge in [-0.05, 0) is 45.1 Å². The van der Waals surface area contributed by atoms with Gasteiger partial charge < -0.3 is 0 Å². The zero-order chi connectivity index (χ0) is 21.7. The highest BCUT2D eigenvalue weighted by molar-refractivity contribution is 5.95. The normalized spacial score (nSPS) is 13.9. The van der Waals surface area contributed by atoms with Crippen LogP contribution in [-0.4, -0.2) is 23.1 Å². The van der Waals surface area contributed by atoms with Crippen LogP contribution in [0.25, 0.3) is 0 Å². The van der Waals surface area contributed by atoms with Crippen LogP contribution in [0.5, 0.6) is 0 Å². The summed E-state index contributed by atoms with van der Waals surface area (Å²) in [6.45, 7) is 13.0. The second kappa shape index (κ2) is 14.2. The van der Waals surface area contributed by atoms with Crippen LogP contribution in [0.3, 0.4) is 0 Å². The third-order valence-corrected chi connectivity index (χ3v) is 4.90. The second-order valence-corrected chi connectivity index (χ2v) is 8.40. The van der Waals surface area contributed by atoms with E-state index in [1.807, 2.05) is 19.9 Å². The first-order valence-corrected chi connectivity index (χ1v) is 10.4. The molecule has 0 bridgehead atoms. The summed E-state index contributed by atoms with van der Waals surface area (Å²) in [5.41, 5.74) is 0.912. The molecule has 158 valence electrons. The van der Waals surface area contributed by atoms with Crippen LogP contribution < -0.4 is 0 Å². The Bertz CT molecular complexity index is 581. The smallest absolute Gasteiger partial charge is 0.156 e. The summed E-state index contributed by atoms with van der Waals surface area (Å²) in [6, 6.07) is 0. The Kier molecular flexibility index (Phi) is 13.3. The van der Waals surface area contributed by atoms with Crippen LogP contribution in [0.4, 0.5) is 0 Å². The highest BCUT2D eigenvalue weighted by atomic mass is 16.1. The molecule has 0 aliphatic heterocycles. The van der Waals surface area contributed by atoms with Crippen molar-refractivity contribution < 1.29 is 19.2 Å². The molecule has 0 aliphatic carbocycles. The number of unbranched alkanes of at least 4 members (excludes halogenated alkanes) is 1. The zero-order valence-corrected chi connectivity index (χ0v) is 18.4. The summed E-state index contributed by atoms with van der Waals surface area (Å²) in [5, 5.41) is 0. The lowest BCUT2D eigenvalue weighted by Gasteiger charge is -2.16. The molecule has 0 saturated carbocycles. The van der Waals surface area contributed by atoms with Crippen molar-refractivity contribution in [2.24, 2.45) is 17.8 Å². The first kappa shape index (κ1) is 26.2. The van der Waals surface area contributed by atoms with E-state index in [9.17, 15) is 19.2 Å². The molecule has 0 amide bonds. The number of carbonyl (C=O) groups is 4. The van der Waals surface area contributed by atoms with E-state index in [1.165, 1.54) is 6.08 Å². The van der Waals surface area contributed by atoms with Crippen LogP contribution in [-0.2, 0) is 19.2 Å². The molecule has 0 aliphatic rings. The molecule has 0 spiro atoms. The molecule has 0 radical (unpaired) electrons. The van der Waals surface area contributed by atoms with Crippen LogP contribution in [0, 0.1) is 17.8 Å². The third kappa shape index (κ3) is 12.5. The van der Waals surface area contributed by atoms with Crippen molar-refractivity contribution in [2.45, 2.75) is 86.0 Å². The molecule has 4 nitrogen and oxygen atoms in total. The molecule has 0 saturated heterocycles. The van der Waals surface area contributed by atoms with Crippen LogP contribution in [0.15, 0.2) is 24.3 Å². The predicted octanol–water partition coefficient (Wildman–Crippen LogP) is 5.44. The minimum Gasteiger partial charge on any atom is -0.300 e. The molecule has 0 aromatic heterocycles. The van der Waals surface area contributed by atoms with Crippen molar-refractivity contribution >= 4 is 23.1 Å². The van der Waals surface area contributed by atoms with E-state index < -0.39 is 5.92 Å². The minimum absolute atomic E-state index is 0.0517. The van der Waals surface area contributed by atoms with Gasteiger partial charge in [0.15, 0.2) is 5.78 Å². The Hall–Kier alpha value is -1.84. The standard InChI is InChI=1S/C24H38O4/c1-7-8-9-10-18(4)14-23(27)20(6)16-24(28)19(5)15-22(26)12-11-21(25)13-17(2)3/h7,13,18-20H,1,8-12,14-16H2,2-6H3. The molecule has 0 N–H and O–H groups in total. The average Bonchev–Trinajstić information content (AvgIpc) is 2.59. The molecular formula is C24H38O4. The van der Waals surface area contributed by atoms with E-state index in [0.29, 0.717) is 12.3 Å². The Labute approximate surface area is 170 Å². The first-order valence-electron chi connectivity index (χ1n) is 10.4. The summed E-state index contributed by atoms with van der Waals surface area (Å²) >= 11 is 0. The van der Waals surface area contributed by atoms with Gasteiger partial charge in [-0.15, -0.1) is 6.58 Å². The third-order valence-electron chi connectivity index (χ3n) is 4.90. The van der Waals surface area contributed by atoms with E-state index >= 15 is 0 Å². The van der Waals surface area contributed by atoms with Gasteiger partial charge in [-0.3, -0.25) is 19.2 Å². The number of ketones is 4. The Balaban J connectivity index is 4.31. The molecule has 0 fully saturated rings. The van der Waals surface area contributed by atoms with Crippen molar-refractivity contribution in [2.75, 3.05) is 0 Å². The fraction of sp³-hybridized carbons (Fsp3) is 0.667. The monoisotopic (exact) mass is 390 g/mol. The molecule has 0 heterocycles. The van der Waals surface area contributed by atoms with Crippen molar-refractivity contribution in [3.05, 3.63) is 24.3 Å². The average molecular weight is 391 g/mol. The van der Waals surface area contributed by atoms with Crippen molar-refractivity contribution in [3.8, 4) is 0 Å². The van der Waals surface area contributed by atoms with Crippen LogP contribution in [0.2, 0.25) is 0 Å². The maximum absolute atomic E-state index is 12.4. The lowest BCUT2D eigenvalue weighted by atomic mass is 9.87. The summed E-state index contributed by atoms with van der Waals surface area (Å²) in [7, 11) is 0. The Morgan fingerprint density at radius 3 is 2.00 bits per heavy atom. The largest absolute Gasteiger partial charge is 0.300 e. The molecule has 0 aromatic carbocycles. The van der Waals surface area contributed by atoms with Gasteiger partial charge in [-0.2, -0.15) is 0 Å². The number of allylic oxidation sites excluding steroid dienone is 3. The first-order chi connectivity index (χ1) is 13.1. The molecule has 0 aromatic rings. The summed E-state index contributed by atoms with van der Waals surface area (Å²) < 4.78 is 0. The summed E-state index contributed by atoms with van der Waals surface area (Å²) in [6.07, 6.45) is 7.55. The van der Waals surface area contributed by atoms with Gasteiger partial charge in [0.25, 0.3) is 0 Å². The van der Waals surface area contributed by atoms with Crippen molar-refractivity contribution in [3.63, 3.8) is 0 Å². The lowest BCUT2D eigenvalue weighted by molar-refractivity contribution is -0.131. The zero-order valence-electron chi connectivity index (χ0n) is 18.4. The molecular weight excluding hydrogens is 352 g/mol. The Morgan fingerprint density at radius 1 is 0.857 bits per heavy atom. The summed E-state index contributed by atoms with van der Waals surface area (Å²) in [5.74, 6) is -0.491. The van der Waals surface area contributed by atoms with Crippen LogP contribution >= 0.6 is 0 Å². The van der Waals surface area contributed by atoms with Gasteiger partial charge in [0, 0.05) is 43.9 Å². The van der Waals surface area contributed by atoms with Gasteiger partial charge in [-0.1, -0.05) is 32.4 Å². The Morgan fingerprint density at radius 2 is 1.43 bits per heavy atom. The van der Waals surface area contributed by atoms with E-state index in [2.05, 4.69) is 13.5 Å². The van der Waals surface area contributed by atoms with E-state index in [0.717, 1.165) is 24.8 Å². The SMILES string of the molecule is C=CCCCC(C)CC(=O)C(C)CC(=O)C(C)CC(=O)CCC(=O)C=C(C)C. The van der Waals surface area contributed by atoms with Crippen molar-refractivity contribution in [1.29, 1.82) is 0 Å². The molecule has 0 rings (SSSR count). The number of hydrogen-bond acceptors (Lipinski definition) is 4. The van der Waals surface area contributed by atoms with E-state index in [1.54, 1.807) is 13.8 Å². The number of hydrogen-bond donors (Lipinski definition) is 0. The molecule has 28 heavy (non-hydrogen) atoms. The van der Waals surface area contributed by atoms with Gasteiger partial charge in [-0.25, -0.2) is 0 Å². The van der Waals surface area contributed by atoms with Crippen molar-refractivity contribution in [1.82, 2.24) is 0 Å². The topological polar surface area (TPSA) is 68.3 Å². The quantitative estimate of drug-likeness (QED) is 0.200. The fourth-order valence-electron chi connectivity index (χ4n) is 3.09.